The van der Waals surface area contributed by atoms with E-state index in [0.29, 0.717) is 17.4 Å². The van der Waals surface area contributed by atoms with Gasteiger partial charge in [-0.25, -0.2) is 4.98 Å². The summed E-state index contributed by atoms with van der Waals surface area (Å²) in [5, 5.41) is 3.25. The molecule has 0 unspecified atom stereocenters. The van der Waals surface area contributed by atoms with E-state index in [-0.39, 0.29) is 0 Å². The molecule has 0 bridgehead atoms. The van der Waals surface area contributed by atoms with Crippen LogP contribution in [0.25, 0.3) is 0 Å². The lowest BCUT2D eigenvalue weighted by molar-refractivity contribution is 0.100. The lowest BCUT2D eigenvalue weighted by atomic mass is 10.1. The Hall–Kier alpha value is -1.62. The smallest absolute Gasteiger partial charge is 0.252 e. The summed E-state index contributed by atoms with van der Waals surface area (Å²) in [6.07, 6.45) is 2.21. The Balaban J connectivity index is 2.80. The van der Waals surface area contributed by atoms with Crippen molar-refractivity contribution in [3.05, 3.63) is 23.4 Å². The molecular weight excluding hydrogens is 240 g/mol. The van der Waals surface area contributed by atoms with Crippen LogP contribution in [0.3, 0.4) is 0 Å². The fraction of sp³-hybridized carbons (Fsp3) is 0.571. The third-order valence-electron chi connectivity index (χ3n) is 3.16. The van der Waals surface area contributed by atoms with Crippen LogP contribution >= 0.6 is 0 Å². The number of anilines is 1. The Morgan fingerprint density at radius 1 is 1.47 bits per heavy atom. The maximum Gasteiger partial charge on any atom is 0.252 e. The van der Waals surface area contributed by atoms with Gasteiger partial charge in [0.15, 0.2) is 0 Å². The van der Waals surface area contributed by atoms with E-state index in [1.54, 1.807) is 12.1 Å². The number of carbonyl (C=O) groups is 1. The molecule has 0 radical (unpaired) electrons. The van der Waals surface area contributed by atoms with Crippen molar-refractivity contribution in [3.8, 4) is 0 Å². The van der Waals surface area contributed by atoms with Crippen LogP contribution in [-0.2, 0) is 0 Å². The number of nitrogens with two attached hydrogens (primary N) is 1. The van der Waals surface area contributed by atoms with Gasteiger partial charge in [-0.3, -0.25) is 4.79 Å². The highest BCUT2D eigenvalue weighted by Crippen LogP contribution is 2.14. The summed E-state index contributed by atoms with van der Waals surface area (Å²) in [5.74, 6) is 0.127. The average molecular weight is 264 g/mol. The standard InChI is InChI=1S/C14H24N4O/c1-5-6-11(18(3)4)9-16-14-12(13(15)19)8-7-10(2)17-14/h7-8,11H,5-6,9H2,1-4H3,(H2,15,19)(H,16,17)/t11-/m0/s1. The van der Waals surface area contributed by atoms with Crippen molar-refractivity contribution in [1.82, 2.24) is 9.88 Å². The number of nitrogens with one attached hydrogen (secondary N) is 1. The number of primary amides is 1. The topological polar surface area (TPSA) is 71.2 Å². The van der Waals surface area contributed by atoms with E-state index in [1.807, 2.05) is 6.92 Å². The van der Waals surface area contributed by atoms with Gasteiger partial charge in [0.25, 0.3) is 5.91 Å². The highest BCUT2D eigenvalue weighted by Gasteiger charge is 2.13. The van der Waals surface area contributed by atoms with Gasteiger partial charge in [0, 0.05) is 18.3 Å². The molecule has 1 aromatic rings. The number of rotatable bonds is 7. The van der Waals surface area contributed by atoms with E-state index in [2.05, 4.69) is 36.2 Å². The first-order chi connectivity index (χ1) is 8.95. The minimum atomic E-state index is -0.452. The van der Waals surface area contributed by atoms with Crippen LogP contribution < -0.4 is 11.1 Å². The highest BCUT2D eigenvalue weighted by atomic mass is 16.1. The fourth-order valence-corrected chi connectivity index (χ4v) is 1.98. The summed E-state index contributed by atoms with van der Waals surface area (Å²) >= 11 is 0. The summed E-state index contributed by atoms with van der Waals surface area (Å²) < 4.78 is 0. The molecule has 0 aliphatic heterocycles. The molecule has 106 valence electrons. The molecule has 1 heterocycles. The number of nitrogens with zero attached hydrogens (tertiary/aromatic N) is 2. The van der Waals surface area contributed by atoms with E-state index in [4.69, 9.17) is 5.73 Å². The highest BCUT2D eigenvalue weighted by molar-refractivity contribution is 5.97. The van der Waals surface area contributed by atoms with E-state index in [9.17, 15) is 4.79 Å². The number of carbonyl (C=O) groups excluding carboxylic acids is 1. The Bertz CT molecular complexity index is 431. The number of pyridine rings is 1. The van der Waals surface area contributed by atoms with Crippen molar-refractivity contribution in [1.29, 1.82) is 0 Å². The normalized spacial score (nSPS) is 12.5. The quantitative estimate of drug-likeness (QED) is 0.785. The summed E-state index contributed by atoms with van der Waals surface area (Å²) in [4.78, 5) is 17.9. The molecule has 0 aliphatic rings. The predicted molar refractivity (Wildman–Crippen MR) is 78.4 cm³/mol. The maximum absolute atomic E-state index is 11.4. The molecule has 0 fully saturated rings. The Morgan fingerprint density at radius 3 is 2.68 bits per heavy atom. The van der Waals surface area contributed by atoms with Crippen LogP contribution in [-0.4, -0.2) is 42.5 Å². The molecule has 0 spiro atoms. The van der Waals surface area contributed by atoms with Gasteiger partial charge in [-0.2, -0.15) is 0 Å². The van der Waals surface area contributed by atoms with Crippen molar-refractivity contribution in [2.75, 3.05) is 26.0 Å². The molecule has 0 saturated carbocycles. The van der Waals surface area contributed by atoms with Gasteiger partial charge >= 0.3 is 0 Å². The van der Waals surface area contributed by atoms with Crippen molar-refractivity contribution < 1.29 is 4.79 Å². The molecule has 3 N–H and O–H groups in total. The van der Waals surface area contributed by atoms with E-state index < -0.39 is 5.91 Å². The second-order valence-corrected chi connectivity index (χ2v) is 5.00. The van der Waals surface area contributed by atoms with E-state index >= 15 is 0 Å². The fourth-order valence-electron chi connectivity index (χ4n) is 1.98. The van der Waals surface area contributed by atoms with Crippen molar-refractivity contribution in [2.45, 2.75) is 32.7 Å². The number of aromatic nitrogens is 1. The zero-order chi connectivity index (χ0) is 14.4. The summed E-state index contributed by atoms with van der Waals surface area (Å²) in [5.41, 5.74) is 6.67. The van der Waals surface area contributed by atoms with Gasteiger partial charge in [0.05, 0.1) is 5.56 Å². The van der Waals surface area contributed by atoms with Crippen LogP contribution in [0.5, 0.6) is 0 Å². The Labute approximate surface area is 115 Å². The van der Waals surface area contributed by atoms with Crippen LogP contribution in [0.4, 0.5) is 5.82 Å². The van der Waals surface area contributed by atoms with Crippen molar-refractivity contribution in [3.63, 3.8) is 0 Å². The number of hydrogen-bond acceptors (Lipinski definition) is 4. The van der Waals surface area contributed by atoms with Gasteiger partial charge in [0.2, 0.25) is 0 Å². The Morgan fingerprint density at radius 2 is 2.16 bits per heavy atom. The summed E-state index contributed by atoms with van der Waals surface area (Å²) in [6.45, 7) is 4.80. The number of hydrogen-bond donors (Lipinski definition) is 2. The van der Waals surface area contributed by atoms with Crippen LogP contribution in [0.1, 0.15) is 35.8 Å². The molecule has 0 saturated heterocycles. The molecular formula is C14H24N4O. The molecule has 0 aromatic carbocycles. The molecule has 1 rings (SSSR count). The Kier molecular flexibility index (Phi) is 5.76. The summed E-state index contributed by atoms with van der Waals surface area (Å²) in [7, 11) is 4.11. The lowest BCUT2D eigenvalue weighted by Gasteiger charge is -2.24. The zero-order valence-corrected chi connectivity index (χ0v) is 12.2. The molecule has 1 aromatic heterocycles. The zero-order valence-electron chi connectivity index (χ0n) is 12.2. The monoisotopic (exact) mass is 264 g/mol. The predicted octanol–water partition coefficient (Wildman–Crippen LogP) is 1.63. The van der Waals surface area contributed by atoms with Crippen LogP contribution in [0, 0.1) is 6.92 Å². The molecule has 19 heavy (non-hydrogen) atoms. The lowest BCUT2D eigenvalue weighted by Crippen LogP contribution is -2.35. The van der Waals surface area contributed by atoms with E-state index in [0.717, 1.165) is 25.1 Å². The van der Waals surface area contributed by atoms with Gasteiger partial charge in [-0.1, -0.05) is 13.3 Å². The van der Waals surface area contributed by atoms with Gasteiger partial charge in [-0.05, 0) is 39.6 Å². The molecule has 5 heteroatoms. The summed E-state index contributed by atoms with van der Waals surface area (Å²) in [6, 6.07) is 3.92. The van der Waals surface area contributed by atoms with Crippen molar-refractivity contribution >= 4 is 11.7 Å². The molecule has 5 nitrogen and oxygen atoms in total. The van der Waals surface area contributed by atoms with Crippen LogP contribution in [0.15, 0.2) is 12.1 Å². The van der Waals surface area contributed by atoms with Gasteiger partial charge in [0.1, 0.15) is 5.82 Å². The third kappa shape index (κ3) is 4.52. The first kappa shape index (κ1) is 15.4. The number of amides is 1. The molecule has 1 amide bonds. The second-order valence-electron chi connectivity index (χ2n) is 5.00. The van der Waals surface area contributed by atoms with Gasteiger partial charge in [-0.15, -0.1) is 0 Å². The largest absolute Gasteiger partial charge is 0.368 e. The minimum absolute atomic E-state index is 0.410. The first-order valence-corrected chi connectivity index (χ1v) is 6.63. The minimum Gasteiger partial charge on any atom is -0.368 e. The number of likely N-dealkylation sites (N-methyl/N-ethyl adjacent to an activating group) is 1. The second kappa shape index (κ2) is 7.09. The van der Waals surface area contributed by atoms with Crippen LogP contribution in [0.2, 0.25) is 0 Å². The molecule has 0 aliphatic carbocycles. The maximum atomic E-state index is 11.4. The van der Waals surface area contributed by atoms with E-state index in [1.165, 1.54) is 0 Å². The number of aryl methyl sites for hydroxylation is 1. The SMILES string of the molecule is CCC[C@@H](CNc1nc(C)ccc1C(N)=O)N(C)C. The average Bonchev–Trinajstić information content (AvgIpc) is 2.33. The van der Waals surface area contributed by atoms with Gasteiger partial charge < -0.3 is 16.0 Å². The first-order valence-electron chi connectivity index (χ1n) is 6.63. The molecule has 1 atom stereocenters. The van der Waals surface area contributed by atoms with Crippen molar-refractivity contribution in [2.24, 2.45) is 5.73 Å². The third-order valence-corrected chi connectivity index (χ3v) is 3.16.